The molecule has 0 spiro atoms. The lowest BCUT2D eigenvalue weighted by molar-refractivity contribution is -0.139. The molecule has 3 unspecified atom stereocenters. The average Bonchev–Trinajstić information content (AvgIpc) is 2.94. The first kappa shape index (κ1) is 13.6. The van der Waals surface area contributed by atoms with Crippen LogP contribution in [0.15, 0.2) is 30.3 Å². The minimum absolute atomic E-state index is 0.393. The number of fused-ring (bicyclic) bond motifs is 1. The maximum Gasteiger partial charge on any atom is 0.312 e. The van der Waals surface area contributed by atoms with E-state index in [1.165, 1.54) is 32.1 Å². The van der Waals surface area contributed by atoms with Gasteiger partial charge in [0.25, 0.3) is 0 Å². The summed E-state index contributed by atoms with van der Waals surface area (Å²) in [6.45, 7) is 1.73. The molecule has 1 saturated carbocycles. The predicted octanol–water partition coefficient (Wildman–Crippen LogP) is 3.12. The van der Waals surface area contributed by atoms with Crippen LogP contribution < -0.4 is 0 Å². The number of benzene rings is 1. The standard InChI is InChI=1S/C17H23NO2/c19-17(20)15(13-6-2-1-3-7-13)12-18-11-5-9-14-8-4-10-16(14)18/h1-3,6-7,14-16H,4-5,8-12H2,(H,19,20). The molecular weight excluding hydrogens is 250 g/mol. The van der Waals surface area contributed by atoms with Crippen LogP contribution in [0.2, 0.25) is 0 Å². The number of aliphatic carboxylic acids is 1. The summed E-state index contributed by atoms with van der Waals surface area (Å²) < 4.78 is 0. The summed E-state index contributed by atoms with van der Waals surface area (Å²) in [5, 5.41) is 9.57. The van der Waals surface area contributed by atoms with E-state index in [1.54, 1.807) is 0 Å². The first-order valence-electron chi connectivity index (χ1n) is 7.77. The van der Waals surface area contributed by atoms with E-state index in [-0.39, 0.29) is 0 Å². The molecule has 3 rings (SSSR count). The highest BCUT2D eigenvalue weighted by molar-refractivity contribution is 5.76. The van der Waals surface area contributed by atoms with Crippen molar-refractivity contribution in [3.05, 3.63) is 35.9 Å². The normalized spacial score (nSPS) is 28.0. The first-order valence-corrected chi connectivity index (χ1v) is 7.77. The number of carboxylic acid groups (broad SMARTS) is 1. The van der Waals surface area contributed by atoms with Gasteiger partial charge < -0.3 is 5.11 Å². The molecule has 0 aromatic heterocycles. The third kappa shape index (κ3) is 2.73. The highest BCUT2D eigenvalue weighted by Gasteiger charge is 2.36. The SMILES string of the molecule is O=C(O)C(CN1CCCC2CCCC21)c1ccccc1. The highest BCUT2D eigenvalue weighted by atomic mass is 16.4. The topological polar surface area (TPSA) is 40.5 Å². The Labute approximate surface area is 120 Å². The van der Waals surface area contributed by atoms with Crippen LogP contribution in [0.4, 0.5) is 0 Å². The zero-order valence-corrected chi connectivity index (χ0v) is 11.9. The Bertz CT molecular complexity index is 459. The number of piperidine rings is 1. The molecule has 1 aliphatic heterocycles. The molecule has 3 atom stereocenters. The van der Waals surface area contributed by atoms with Crippen LogP contribution in [-0.4, -0.2) is 35.1 Å². The Morgan fingerprint density at radius 3 is 2.70 bits per heavy atom. The van der Waals surface area contributed by atoms with Gasteiger partial charge in [-0.1, -0.05) is 36.8 Å². The molecular formula is C17H23NO2. The van der Waals surface area contributed by atoms with E-state index >= 15 is 0 Å². The number of likely N-dealkylation sites (tertiary alicyclic amines) is 1. The molecule has 1 saturated heterocycles. The molecule has 2 aliphatic rings. The smallest absolute Gasteiger partial charge is 0.312 e. The molecule has 20 heavy (non-hydrogen) atoms. The molecule has 2 fully saturated rings. The fourth-order valence-electron chi connectivity index (χ4n) is 4.03. The van der Waals surface area contributed by atoms with E-state index in [9.17, 15) is 9.90 Å². The quantitative estimate of drug-likeness (QED) is 0.916. The largest absolute Gasteiger partial charge is 0.481 e. The molecule has 1 aromatic carbocycles. The number of hydrogen-bond acceptors (Lipinski definition) is 2. The van der Waals surface area contributed by atoms with Crippen LogP contribution in [0, 0.1) is 5.92 Å². The Balaban J connectivity index is 1.75. The van der Waals surface area contributed by atoms with Crippen LogP contribution in [0.3, 0.4) is 0 Å². The number of hydrogen-bond donors (Lipinski definition) is 1. The van der Waals surface area contributed by atoms with Crippen molar-refractivity contribution >= 4 is 5.97 Å². The van der Waals surface area contributed by atoms with E-state index in [4.69, 9.17) is 0 Å². The second kappa shape index (κ2) is 5.96. The van der Waals surface area contributed by atoms with Gasteiger partial charge in [0, 0.05) is 12.6 Å². The summed E-state index contributed by atoms with van der Waals surface area (Å²) in [6, 6.07) is 10.3. The van der Waals surface area contributed by atoms with Gasteiger partial charge in [-0.15, -0.1) is 0 Å². The zero-order valence-electron chi connectivity index (χ0n) is 11.9. The summed E-state index contributed by atoms with van der Waals surface area (Å²) in [6.07, 6.45) is 6.47. The van der Waals surface area contributed by atoms with E-state index in [0.717, 1.165) is 18.0 Å². The molecule has 3 heteroatoms. The Morgan fingerprint density at radius 1 is 1.20 bits per heavy atom. The molecule has 0 amide bonds. The van der Waals surface area contributed by atoms with Gasteiger partial charge in [0.15, 0.2) is 0 Å². The van der Waals surface area contributed by atoms with Crippen LogP contribution >= 0.6 is 0 Å². The molecule has 1 N–H and O–H groups in total. The van der Waals surface area contributed by atoms with Crippen LogP contribution in [0.5, 0.6) is 0 Å². The maximum atomic E-state index is 11.6. The van der Waals surface area contributed by atoms with Crippen molar-refractivity contribution in [1.82, 2.24) is 4.90 Å². The van der Waals surface area contributed by atoms with E-state index in [2.05, 4.69) is 4.90 Å². The van der Waals surface area contributed by atoms with Gasteiger partial charge in [-0.2, -0.15) is 0 Å². The third-order valence-corrected chi connectivity index (χ3v) is 5.03. The molecule has 3 nitrogen and oxygen atoms in total. The van der Waals surface area contributed by atoms with Gasteiger partial charge >= 0.3 is 5.97 Å². The lowest BCUT2D eigenvalue weighted by atomic mass is 9.90. The Hall–Kier alpha value is -1.35. The monoisotopic (exact) mass is 273 g/mol. The number of carbonyl (C=O) groups is 1. The minimum Gasteiger partial charge on any atom is -0.481 e. The summed E-state index contributed by atoms with van der Waals surface area (Å²) in [7, 11) is 0. The number of carboxylic acids is 1. The second-order valence-electron chi connectivity index (χ2n) is 6.20. The zero-order chi connectivity index (χ0) is 13.9. The summed E-state index contributed by atoms with van der Waals surface area (Å²) in [5.41, 5.74) is 0.931. The van der Waals surface area contributed by atoms with Crippen molar-refractivity contribution < 1.29 is 9.90 Å². The van der Waals surface area contributed by atoms with Crippen molar-refractivity contribution in [2.24, 2.45) is 5.92 Å². The fourth-order valence-corrected chi connectivity index (χ4v) is 4.03. The van der Waals surface area contributed by atoms with Gasteiger partial charge in [-0.3, -0.25) is 9.69 Å². The fraction of sp³-hybridized carbons (Fsp3) is 0.588. The number of rotatable bonds is 4. The van der Waals surface area contributed by atoms with Crippen LogP contribution in [-0.2, 0) is 4.79 Å². The average molecular weight is 273 g/mol. The highest BCUT2D eigenvalue weighted by Crippen LogP contribution is 2.37. The predicted molar refractivity (Wildman–Crippen MR) is 78.8 cm³/mol. The van der Waals surface area contributed by atoms with Crippen molar-refractivity contribution in [3.8, 4) is 0 Å². The second-order valence-corrected chi connectivity index (χ2v) is 6.20. The van der Waals surface area contributed by atoms with E-state index in [0.29, 0.717) is 12.6 Å². The lowest BCUT2D eigenvalue weighted by Gasteiger charge is -2.39. The lowest BCUT2D eigenvalue weighted by Crippen LogP contribution is -2.45. The molecule has 0 bridgehead atoms. The molecule has 0 radical (unpaired) electrons. The van der Waals surface area contributed by atoms with Gasteiger partial charge in [-0.05, 0) is 43.7 Å². The molecule has 108 valence electrons. The van der Waals surface area contributed by atoms with E-state index in [1.807, 2.05) is 30.3 Å². The van der Waals surface area contributed by atoms with Crippen molar-refractivity contribution in [2.75, 3.05) is 13.1 Å². The van der Waals surface area contributed by atoms with Gasteiger partial charge in [0.2, 0.25) is 0 Å². The van der Waals surface area contributed by atoms with Gasteiger partial charge in [0.05, 0.1) is 5.92 Å². The van der Waals surface area contributed by atoms with Crippen molar-refractivity contribution in [3.63, 3.8) is 0 Å². The summed E-state index contributed by atoms with van der Waals surface area (Å²) in [5.74, 6) is -0.277. The minimum atomic E-state index is -0.698. The molecule has 1 aliphatic carbocycles. The Kier molecular flexibility index (Phi) is 4.06. The summed E-state index contributed by atoms with van der Waals surface area (Å²) in [4.78, 5) is 14.1. The maximum absolute atomic E-state index is 11.6. The molecule has 1 aromatic rings. The van der Waals surface area contributed by atoms with E-state index < -0.39 is 11.9 Å². The number of nitrogens with zero attached hydrogens (tertiary/aromatic N) is 1. The van der Waals surface area contributed by atoms with Gasteiger partial charge in [0.1, 0.15) is 0 Å². The van der Waals surface area contributed by atoms with Crippen molar-refractivity contribution in [2.45, 2.75) is 44.1 Å². The molecule has 1 heterocycles. The van der Waals surface area contributed by atoms with Crippen molar-refractivity contribution in [1.29, 1.82) is 0 Å². The van der Waals surface area contributed by atoms with Crippen LogP contribution in [0.25, 0.3) is 0 Å². The Morgan fingerprint density at radius 2 is 1.95 bits per heavy atom. The third-order valence-electron chi connectivity index (χ3n) is 5.03. The van der Waals surface area contributed by atoms with Crippen LogP contribution in [0.1, 0.15) is 43.6 Å². The van der Waals surface area contributed by atoms with Gasteiger partial charge in [-0.25, -0.2) is 0 Å². The first-order chi connectivity index (χ1) is 9.75. The summed E-state index contributed by atoms with van der Waals surface area (Å²) >= 11 is 0.